The van der Waals surface area contributed by atoms with Gasteiger partial charge in [0.25, 0.3) is 5.91 Å². The fourth-order valence-corrected chi connectivity index (χ4v) is 3.18. The molecule has 0 aliphatic rings. The molecule has 0 aliphatic heterocycles. The van der Waals surface area contributed by atoms with Gasteiger partial charge < -0.3 is 15.4 Å². The molecule has 2 rings (SSSR count). The SMILES string of the molecule is Cc1ccc(NC(=O)CSC(C)C(=O)OCC(=O)Nc2cc(C(F)(F)F)ccc2Cl)cc1. The van der Waals surface area contributed by atoms with Crippen LogP contribution in [-0.4, -0.2) is 35.4 Å². The third-order valence-electron chi connectivity index (χ3n) is 4.04. The van der Waals surface area contributed by atoms with Crippen LogP contribution in [-0.2, 0) is 25.3 Å². The number of halogens is 4. The molecule has 6 nitrogen and oxygen atoms in total. The number of carbonyl (C=O) groups excluding carboxylic acids is 3. The molecule has 172 valence electrons. The van der Waals surface area contributed by atoms with Crippen molar-refractivity contribution >= 4 is 52.5 Å². The molecule has 0 aliphatic carbocycles. The highest BCUT2D eigenvalue weighted by molar-refractivity contribution is 8.01. The number of aryl methyl sites for hydroxylation is 1. The Bertz CT molecular complexity index is 984. The lowest BCUT2D eigenvalue weighted by Gasteiger charge is -2.13. The molecule has 2 amide bonds. The minimum Gasteiger partial charge on any atom is -0.455 e. The first-order valence-electron chi connectivity index (χ1n) is 9.27. The number of anilines is 2. The lowest BCUT2D eigenvalue weighted by molar-refractivity contribution is -0.146. The molecule has 2 N–H and O–H groups in total. The zero-order chi connectivity index (χ0) is 23.9. The lowest BCUT2D eigenvalue weighted by Crippen LogP contribution is -2.26. The standard InChI is InChI=1S/C21H20ClF3N2O4S/c1-12-3-6-15(7-4-12)26-19(29)11-32-13(2)20(30)31-10-18(28)27-17-9-14(21(23,24)25)5-8-16(17)22/h3-9,13H,10-11H2,1-2H3,(H,26,29)(H,27,28). The van der Waals surface area contributed by atoms with E-state index < -0.39 is 35.5 Å². The molecule has 1 atom stereocenters. The molecule has 2 aromatic carbocycles. The summed E-state index contributed by atoms with van der Waals surface area (Å²) in [5, 5.41) is 4.03. The van der Waals surface area contributed by atoms with Crippen molar-refractivity contribution in [1.82, 2.24) is 0 Å². The van der Waals surface area contributed by atoms with Crippen LogP contribution >= 0.6 is 23.4 Å². The molecular formula is C21H20ClF3N2O4S. The second kappa shape index (κ2) is 11.2. The summed E-state index contributed by atoms with van der Waals surface area (Å²) in [6, 6.07) is 9.68. The number of hydrogen-bond donors (Lipinski definition) is 2. The Labute approximate surface area is 191 Å². The Hall–Kier alpha value is -2.72. The van der Waals surface area contributed by atoms with Gasteiger partial charge in [0.05, 0.1) is 22.0 Å². The summed E-state index contributed by atoms with van der Waals surface area (Å²) in [5.74, 6) is -1.93. The van der Waals surface area contributed by atoms with Gasteiger partial charge in [-0.15, -0.1) is 11.8 Å². The van der Waals surface area contributed by atoms with Gasteiger partial charge in [0.2, 0.25) is 5.91 Å². The normalized spacial score (nSPS) is 12.1. The van der Waals surface area contributed by atoms with Crippen LogP contribution in [0.3, 0.4) is 0 Å². The van der Waals surface area contributed by atoms with E-state index in [1.807, 2.05) is 19.1 Å². The van der Waals surface area contributed by atoms with Crippen molar-refractivity contribution in [3.05, 3.63) is 58.6 Å². The molecule has 0 saturated carbocycles. The summed E-state index contributed by atoms with van der Waals surface area (Å²) in [4.78, 5) is 36.0. The van der Waals surface area contributed by atoms with Crippen LogP contribution in [0.15, 0.2) is 42.5 Å². The van der Waals surface area contributed by atoms with Crippen LogP contribution in [0.2, 0.25) is 5.02 Å². The van der Waals surface area contributed by atoms with E-state index in [2.05, 4.69) is 10.6 Å². The van der Waals surface area contributed by atoms with Crippen molar-refractivity contribution in [2.45, 2.75) is 25.3 Å². The quantitative estimate of drug-likeness (QED) is 0.516. The average Bonchev–Trinajstić information content (AvgIpc) is 2.72. The first-order chi connectivity index (χ1) is 15.0. The van der Waals surface area contributed by atoms with Gasteiger partial charge in [0.15, 0.2) is 6.61 Å². The number of rotatable bonds is 8. The third-order valence-corrected chi connectivity index (χ3v) is 5.50. The van der Waals surface area contributed by atoms with Crippen LogP contribution in [0.4, 0.5) is 24.5 Å². The van der Waals surface area contributed by atoms with Crippen molar-refractivity contribution in [2.75, 3.05) is 23.0 Å². The molecule has 32 heavy (non-hydrogen) atoms. The van der Waals surface area contributed by atoms with Crippen LogP contribution in [0.1, 0.15) is 18.1 Å². The smallest absolute Gasteiger partial charge is 0.416 e. The Morgan fingerprint density at radius 1 is 1.06 bits per heavy atom. The molecule has 11 heteroatoms. The molecule has 0 bridgehead atoms. The number of ether oxygens (including phenoxy) is 1. The van der Waals surface area contributed by atoms with Crippen molar-refractivity contribution in [1.29, 1.82) is 0 Å². The zero-order valence-corrected chi connectivity index (χ0v) is 18.7. The van der Waals surface area contributed by atoms with Gasteiger partial charge in [-0.25, -0.2) is 0 Å². The van der Waals surface area contributed by atoms with Gasteiger partial charge in [-0.3, -0.25) is 14.4 Å². The summed E-state index contributed by atoms with van der Waals surface area (Å²) in [6.07, 6.45) is -4.60. The average molecular weight is 489 g/mol. The van der Waals surface area contributed by atoms with Gasteiger partial charge in [-0.1, -0.05) is 29.3 Å². The Morgan fingerprint density at radius 3 is 2.34 bits per heavy atom. The minimum atomic E-state index is -4.60. The maximum absolute atomic E-state index is 12.8. The largest absolute Gasteiger partial charge is 0.455 e. The molecule has 0 radical (unpaired) electrons. The van der Waals surface area contributed by atoms with E-state index in [1.54, 1.807) is 12.1 Å². The Balaban J connectivity index is 1.78. The number of amides is 2. The molecule has 0 heterocycles. The molecule has 0 saturated heterocycles. The summed E-state index contributed by atoms with van der Waals surface area (Å²) in [5.41, 5.74) is 0.440. The van der Waals surface area contributed by atoms with Crippen LogP contribution in [0.5, 0.6) is 0 Å². The highest BCUT2D eigenvalue weighted by Gasteiger charge is 2.31. The van der Waals surface area contributed by atoms with Crippen molar-refractivity contribution in [2.24, 2.45) is 0 Å². The highest BCUT2D eigenvalue weighted by Crippen LogP contribution is 2.33. The molecule has 0 spiro atoms. The Morgan fingerprint density at radius 2 is 1.72 bits per heavy atom. The van der Waals surface area contributed by atoms with Gasteiger partial charge >= 0.3 is 12.1 Å². The van der Waals surface area contributed by atoms with E-state index >= 15 is 0 Å². The van der Waals surface area contributed by atoms with Gasteiger partial charge in [0.1, 0.15) is 5.25 Å². The van der Waals surface area contributed by atoms with Gasteiger partial charge in [-0.2, -0.15) is 13.2 Å². The van der Waals surface area contributed by atoms with E-state index in [-0.39, 0.29) is 22.4 Å². The number of thioether (sulfide) groups is 1. The number of carbonyl (C=O) groups is 3. The number of hydrogen-bond acceptors (Lipinski definition) is 5. The topological polar surface area (TPSA) is 84.5 Å². The van der Waals surface area contributed by atoms with E-state index in [9.17, 15) is 27.6 Å². The fraction of sp³-hybridized carbons (Fsp3) is 0.286. The summed E-state index contributed by atoms with van der Waals surface area (Å²) < 4.78 is 43.2. The van der Waals surface area contributed by atoms with Crippen molar-refractivity contribution < 1.29 is 32.3 Å². The van der Waals surface area contributed by atoms with Crippen LogP contribution < -0.4 is 10.6 Å². The molecule has 0 fully saturated rings. The van der Waals surface area contributed by atoms with Crippen LogP contribution in [0.25, 0.3) is 0 Å². The van der Waals surface area contributed by atoms with Crippen molar-refractivity contribution in [3.8, 4) is 0 Å². The zero-order valence-electron chi connectivity index (χ0n) is 17.1. The van der Waals surface area contributed by atoms with Gasteiger partial charge in [0, 0.05) is 5.69 Å². The predicted octanol–water partition coefficient (Wildman–Crippen LogP) is 4.91. The third kappa shape index (κ3) is 8.08. The second-order valence-electron chi connectivity index (χ2n) is 6.72. The maximum Gasteiger partial charge on any atom is 0.416 e. The van der Waals surface area contributed by atoms with E-state index in [1.165, 1.54) is 6.92 Å². The molecule has 0 aromatic heterocycles. The monoisotopic (exact) mass is 488 g/mol. The van der Waals surface area contributed by atoms with E-state index in [0.717, 1.165) is 29.5 Å². The first kappa shape index (κ1) is 25.5. The number of benzene rings is 2. The highest BCUT2D eigenvalue weighted by atomic mass is 35.5. The molecular weight excluding hydrogens is 469 g/mol. The summed E-state index contributed by atoms with van der Waals surface area (Å²) >= 11 is 6.82. The maximum atomic E-state index is 12.8. The number of alkyl halides is 3. The minimum absolute atomic E-state index is 0.0177. The molecule has 1 unspecified atom stereocenters. The van der Waals surface area contributed by atoms with E-state index in [0.29, 0.717) is 11.8 Å². The Kier molecular flexibility index (Phi) is 8.97. The predicted molar refractivity (Wildman–Crippen MR) is 118 cm³/mol. The second-order valence-corrected chi connectivity index (χ2v) is 8.45. The number of nitrogens with one attached hydrogen (secondary N) is 2. The summed E-state index contributed by atoms with van der Waals surface area (Å²) in [7, 11) is 0. The van der Waals surface area contributed by atoms with E-state index in [4.69, 9.17) is 16.3 Å². The molecule has 2 aromatic rings. The fourth-order valence-electron chi connectivity index (χ4n) is 2.34. The van der Waals surface area contributed by atoms with Gasteiger partial charge in [-0.05, 0) is 44.2 Å². The number of esters is 1. The van der Waals surface area contributed by atoms with Crippen molar-refractivity contribution in [3.63, 3.8) is 0 Å². The lowest BCUT2D eigenvalue weighted by atomic mass is 10.2. The summed E-state index contributed by atoms with van der Waals surface area (Å²) in [6.45, 7) is 2.71. The first-order valence-corrected chi connectivity index (χ1v) is 10.7. The van der Waals surface area contributed by atoms with Crippen LogP contribution in [0, 0.1) is 6.92 Å².